The third kappa shape index (κ3) is 6.16. The van der Waals surface area contributed by atoms with E-state index in [0.717, 1.165) is 31.0 Å². The molecule has 2 N–H and O–H groups in total. The number of rotatable bonds is 7. The number of hydrogen-bond acceptors (Lipinski definition) is 3. The van der Waals surface area contributed by atoms with Gasteiger partial charge in [-0.15, -0.1) is 24.0 Å². The van der Waals surface area contributed by atoms with Crippen LogP contribution >= 0.6 is 24.0 Å². The molecule has 1 saturated heterocycles. The van der Waals surface area contributed by atoms with Gasteiger partial charge < -0.3 is 15.1 Å². The second-order valence-corrected chi connectivity index (χ2v) is 6.64. The molecule has 1 fully saturated rings. The van der Waals surface area contributed by atoms with Crippen LogP contribution in [0.2, 0.25) is 0 Å². The fourth-order valence-corrected chi connectivity index (χ4v) is 3.41. The topological polar surface area (TPSA) is 52.8 Å². The number of hydrogen-bond donors (Lipinski definition) is 2. The minimum atomic E-state index is -0.430. The van der Waals surface area contributed by atoms with Gasteiger partial charge in [-0.1, -0.05) is 0 Å². The third-order valence-corrected chi connectivity index (χ3v) is 4.83. The molecule has 0 spiro atoms. The molecule has 5 nitrogen and oxygen atoms in total. The molecule has 1 atom stereocenters. The predicted octanol–water partition coefficient (Wildman–Crippen LogP) is 3.72. The molecule has 0 aliphatic carbocycles. The van der Waals surface area contributed by atoms with E-state index in [1.54, 1.807) is 13.3 Å². The zero-order chi connectivity index (χ0) is 19.1. The fraction of sp³-hybridized carbons (Fsp3) is 0.450. The Hall–Kier alpha value is -1.68. The molecule has 1 aromatic carbocycles. The zero-order valence-corrected chi connectivity index (χ0v) is 18.3. The number of halogens is 3. The number of nitrogens with one attached hydrogen (secondary N) is 2. The lowest BCUT2D eigenvalue weighted by Gasteiger charge is -2.26. The summed E-state index contributed by atoms with van der Waals surface area (Å²) in [6.07, 6.45) is 4.46. The lowest BCUT2D eigenvalue weighted by atomic mass is 10.1. The number of benzene rings is 1. The van der Waals surface area contributed by atoms with E-state index in [4.69, 9.17) is 4.42 Å². The average molecular weight is 504 g/mol. The van der Waals surface area contributed by atoms with Gasteiger partial charge in [0, 0.05) is 20.1 Å². The van der Waals surface area contributed by atoms with Crippen LogP contribution in [0.5, 0.6) is 0 Å². The van der Waals surface area contributed by atoms with E-state index in [2.05, 4.69) is 20.5 Å². The highest BCUT2D eigenvalue weighted by Crippen LogP contribution is 2.24. The number of likely N-dealkylation sites (tertiary alicyclic amines) is 1. The predicted molar refractivity (Wildman–Crippen MR) is 117 cm³/mol. The van der Waals surface area contributed by atoms with E-state index in [9.17, 15) is 8.78 Å². The summed E-state index contributed by atoms with van der Waals surface area (Å²) in [5, 5.41) is 6.47. The molecular weight excluding hydrogens is 477 g/mol. The van der Waals surface area contributed by atoms with Crippen LogP contribution in [-0.4, -0.2) is 44.1 Å². The summed E-state index contributed by atoms with van der Waals surface area (Å²) in [5.74, 6) is 0.734. The molecule has 1 aromatic heterocycles. The highest BCUT2D eigenvalue weighted by molar-refractivity contribution is 14.0. The van der Waals surface area contributed by atoms with Crippen molar-refractivity contribution in [3.8, 4) is 0 Å². The lowest BCUT2D eigenvalue weighted by molar-refractivity contribution is 0.215. The molecule has 8 heteroatoms. The molecule has 3 rings (SSSR count). The van der Waals surface area contributed by atoms with Crippen LogP contribution in [0.3, 0.4) is 0 Å². The first kappa shape index (κ1) is 22.6. The minimum Gasteiger partial charge on any atom is -0.468 e. The van der Waals surface area contributed by atoms with Gasteiger partial charge in [0.05, 0.1) is 12.3 Å². The SMILES string of the molecule is CN=C(NCCc1cc(F)ccc1F)NCC(c1ccco1)N1CCCC1.I. The van der Waals surface area contributed by atoms with E-state index < -0.39 is 11.6 Å². The summed E-state index contributed by atoms with van der Waals surface area (Å²) >= 11 is 0. The van der Waals surface area contributed by atoms with Gasteiger partial charge in [0.2, 0.25) is 0 Å². The van der Waals surface area contributed by atoms with Crippen LogP contribution in [0.4, 0.5) is 8.78 Å². The Morgan fingerprint density at radius 1 is 1.21 bits per heavy atom. The van der Waals surface area contributed by atoms with E-state index in [-0.39, 0.29) is 30.0 Å². The van der Waals surface area contributed by atoms with Gasteiger partial charge in [-0.2, -0.15) is 0 Å². The van der Waals surface area contributed by atoms with E-state index >= 15 is 0 Å². The summed E-state index contributed by atoms with van der Waals surface area (Å²) < 4.78 is 32.6. The molecule has 1 aliphatic heterocycles. The number of nitrogens with zero attached hydrogens (tertiary/aromatic N) is 2. The Balaban J connectivity index is 0.00000280. The van der Waals surface area contributed by atoms with Crippen LogP contribution in [0.1, 0.15) is 30.2 Å². The molecule has 1 unspecified atom stereocenters. The van der Waals surface area contributed by atoms with Crippen molar-refractivity contribution in [3.63, 3.8) is 0 Å². The summed E-state index contributed by atoms with van der Waals surface area (Å²) in [6, 6.07) is 7.54. The Morgan fingerprint density at radius 2 is 2.00 bits per heavy atom. The monoisotopic (exact) mass is 504 g/mol. The van der Waals surface area contributed by atoms with Crippen molar-refractivity contribution < 1.29 is 13.2 Å². The maximum absolute atomic E-state index is 13.7. The van der Waals surface area contributed by atoms with Crippen LogP contribution in [0.25, 0.3) is 0 Å². The quantitative estimate of drug-likeness (QED) is 0.343. The average Bonchev–Trinajstić information content (AvgIpc) is 3.37. The standard InChI is InChI=1S/C20H26F2N4O.HI/c1-23-20(24-9-8-15-13-16(21)6-7-17(15)22)25-14-18(19-5-4-12-27-19)26-10-2-3-11-26;/h4-7,12-13,18H,2-3,8-11,14H2,1H3,(H2,23,24,25);1H. The molecule has 0 bridgehead atoms. The normalized spacial score (nSPS) is 15.9. The van der Waals surface area contributed by atoms with Crippen molar-refractivity contribution in [2.45, 2.75) is 25.3 Å². The van der Waals surface area contributed by atoms with Gasteiger partial charge in [0.15, 0.2) is 5.96 Å². The minimum absolute atomic E-state index is 0. The van der Waals surface area contributed by atoms with Gasteiger partial charge in [0.25, 0.3) is 0 Å². The Kier molecular flexibility index (Phi) is 9.17. The van der Waals surface area contributed by atoms with Gasteiger partial charge in [-0.25, -0.2) is 8.78 Å². The molecule has 0 radical (unpaired) electrons. The highest BCUT2D eigenvalue weighted by atomic mass is 127. The Bertz CT molecular complexity index is 749. The number of guanidine groups is 1. The molecule has 0 amide bonds. The van der Waals surface area contributed by atoms with E-state index in [1.165, 1.54) is 18.9 Å². The van der Waals surface area contributed by atoms with Crippen molar-refractivity contribution >= 4 is 29.9 Å². The third-order valence-electron chi connectivity index (χ3n) is 4.83. The second-order valence-electron chi connectivity index (χ2n) is 6.64. The van der Waals surface area contributed by atoms with Crippen LogP contribution in [0.15, 0.2) is 46.0 Å². The van der Waals surface area contributed by atoms with Gasteiger partial charge in [-0.3, -0.25) is 9.89 Å². The number of furan rings is 1. The molecule has 2 heterocycles. The van der Waals surface area contributed by atoms with Crippen molar-refractivity contribution in [3.05, 3.63) is 59.6 Å². The molecule has 1 aliphatic rings. The highest BCUT2D eigenvalue weighted by Gasteiger charge is 2.25. The largest absolute Gasteiger partial charge is 0.468 e. The zero-order valence-electron chi connectivity index (χ0n) is 16.0. The van der Waals surface area contributed by atoms with E-state index in [0.29, 0.717) is 31.0 Å². The molecule has 2 aromatic rings. The van der Waals surface area contributed by atoms with Crippen LogP contribution < -0.4 is 10.6 Å². The van der Waals surface area contributed by atoms with Gasteiger partial charge in [-0.05, 0) is 68.2 Å². The van der Waals surface area contributed by atoms with Gasteiger partial charge >= 0.3 is 0 Å². The summed E-state index contributed by atoms with van der Waals surface area (Å²) in [7, 11) is 1.69. The lowest BCUT2D eigenvalue weighted by Crippen LogP contribution is -2.43. The molecule has 28 heavy (non-hydrogen) atoms. The maximum Gasteiger partial charge on any atom is 0.191 e. The Morgan fingerprint density at radius 3 is 2.68 bits per heavy atom. The fourth-order valence-electron chi connectivity index (χ4n) is 3.41. The maximum atomic E-state index is 13.7. The molecular formula is C20H27F2IN4O. The van der Waals surface area contributed by atoms with Crippen molar-refractivity contribution in [1.82, 2.24) is 15.5 Å². The van der Waals surface area contributed by atoms with Crippen LogP contribution in [0, 0.1) is 11.6 Å². The van der Waals surface area contributed by atoms with Crippen molar-refractivity contribution in [1.29, 1.82) is 0 Å². The smallest absolute Gasteiger partial charge is 0.191 e. The first-order valence-electron chi connectivity index (χ1n) is 9.33. The van der Waals surface area contributed by atoms with E-state index in [1.807, 2.05) is 12.1 Å². The summed E-state index contributed by atoms with van der Waals surface area (Å²) in [5.41, 5.74) is 0.350. The summed E-state index contributed by atoms with van der Waals surface area (Å²) in [4.78, 5) is 6.62. The molecule has 0 saturated carbocycles. The number of aliphatic imine (C=N–C) groups is 1. The van der Waals surface area contributed by atoms with Gasteiger partial charge in [0.1, 0.15) is 17.4 Å². The first-order valence-corrected chi connectivity index (χ1v) is 9.33. The molecule has 154 valence electrons. The van der Waals surface area contributed by atoms with Crippen molar-refractivity contribution in [2.75, 3.05) is 33.2 Å². The Labute approximate surface area is 181 Å². The van der Waals surface area contributed by atoms with Crippen molar-refractivity contribution in [2.24, 2.45) is 4.99 Å². The summed E-state index contributed by atoms with van der Waals surface area (Å²) in [6.45, 7) is 3.21. The second kappa shape index (κ2) is 11.4. The first-order chi connectivity index (χ1) is 13.2. The van der Waals surface area contributed by atoms with Crippen LogP contribution in [-0.2, 0) is 6.42 Å².